The minimum atomic E-state index is -3.69. The molecular formula is C21H29N3O3S. The molecule has 0 aliphatic heterocycles. The largest absolute Gasteiger partial charge is 0.354 e. The van der Waals surface area contributed by atoms with Gasteiger partial charge in [-0.25, -0.2) is 13.6 Å². The van der Waals surface area contributed by atoms with Crippen LogP contribution in [-0.4, -0.2) is 38.9 Å². The third-order valence-electron chi connectivity index (χ3n) is 4.82. The smallest absolute Gasteiger partial charge is 0.238 e. The molecule has 3 N–H and O–H groups in total. The molecule has 0 saturated carbocycles. The monoisotopic (exact) mass is 403 g/mol. The number of aryl methyl sites for hydroxylation is 1. The lowest BCUT2D eigenvalue weighted by Crippen LogP contribution is -2.38. The summed E-state index contributed by atoms with van der Waals surface area (Å²) in [5.74, 6) is -0.0244. The number of nitrogens with zero attached hydrogens (tertiary/aromatic N) is 1. The van der Waals surface area contributed by atoms with Crippen molar-refractivity contribution >= 4 is 15.9 Å². The van der Waals surface area contributed by atoms with Crippen LogP contribution in [0.4, 0.5) is 0 Å². The highest BCUT2D eigenvalue weighted by Crippen LogP contribution is 2.19. The van der Waals surface area contributed by atoms with Crippen molar-refractivity contribution in [3.63, 3.8) is 0 Å². The summed E-state index contributed by atoms with van der Waals surface area (Å²) in [6, 6.07) is 16.6. The molecule has 2 aromatic carbocycles. The van der Waals surface area contributed by atoms with E-state index in [-0.39, 0.29) is 16.8 Å². The summed E-state index contributed by atoms with van der Waals surface area (Å²) in [4.78, 5) is 14.7. The molecular weight excluding hydrogens is 374 g/mol. The van der Waals surface area contributed by atoms with Crippen molar-refractivity contribution in [1.29, 1.82) is 0 Å². The zero-order valence-electron chi connectivity index (χ0n) is 16.5. The first-order valence-electron chi connectivity index (χ1n) is 9.52. The average Bonchev–Trinajstić information content (AvgIpc) is 2.70. The number of benzene rings is 2. The van der Waals surface area contributed by atoms with Crippen molar-refractivity contribution in [3.8, 4) is 0 Å². The first-order valence-corrected chi connectivity index (χ1v) is 11.1. The summed E-state index contributed by atoms with van der Waals surface area (Å²) < 4.78 is 22.6. The van der Waals surface area contributed by atoms with Crippen LogP contribution in [0, 0.1) is 0 Å². The van der Waals surface area contributed by atoms with Crippen molar-refractivity contribution in [2.24, 2.45) is 5.14 Å². The van der Waals surface area contributed by atoms with E-state index < -0.39 is 10.0 Å². The van der Waals surface area contributed by atoms with Crippen LogP contribution in [0.15, 0.2) is 59.5 Å². The van der Waals surface area contributed by atoms with Gasteiger partial charge in [-0.05, 0) is 42.8 Å². The minimum Gasteiger partial charge on any atom is -0.354 e. The Bertz CT molecular complexity index is 848. The topological polar surface area (TPSA) is 92.5 Å². The van der Waals surface area contributed by atoms with Crippen LogP contribution in [0.3, 0.4) is 0 Å². The molecule has 0 aromatic heterocycles. The fraction of sp³-hybridized carbons (Fsp3) is 0.381. The fourth-order valence-electron chi connectivity index (χ4n) is 3.20. The second-order valence-corrected chi connectivity index (χ2v) is 8.20. The van der Waals surface area contributed by atoms with Crippen molar-refractivity contribution in [3.05, 3.63) is 65.7 Å². The van der Waals surface area contributed by atoms with E-state index >= 15 is 0 Å². The van der Waals surface area contributed by atoms with E-state index in [4.69, 9.17) is 5.14 Å². The molecule has 1 atom stereocenters. The van der Waals surface area contributed by atoms with Gasteiger partial charge in [0.05, 0.1) is 10.9 Å². The van der Waals surface area contributed by atoms with Crippen molar-refractivity contribution in [1.82, 2.24) is 10.2 Å². The molecule has 0 heterocycles. The third kappa shape index (κ3) is 6.44. The van der Waals surface area contributed by atoms with E-state index in [2.05, 4.69) is 36.2 Å². The van der Waals surface area contributed by atoms with Crippen molar-refractivity contribution in [2.75, 3.05) is 19.6 Å². The summed E-state index contributed by atoms with van der Waals surface area (Å²) in [7, 11) is -3.69. The number of hydrogen-bond donors (Lipinski definition) is 2. The highest BCUT2D eigenvalue weighted by molar-refractivity contribution is 7.89. The quantitative estimate of drug-likeness (QED) is 0.637. The maximum atomic E-state index is 12.3. The fourth-order valence-corrected chi connectivity index (χ4v) is 3.72. The number of likely N-dealkylation sites (N-methyl/N-ethyl adjacent to an activating group) is 1. The number of amides is 1. The lowest BCUT2D eigenvalue weighted by atomic mass is 10.0. The minimum absolute atomic E-state index is 0.0244. The molecule has 2 aromatic rings. The SMILES string of the molecule is CCN(CC)C(CNC(=O)CCc1ccc(S(N)(=O)=O)cc1)c1ccccc1. The number of nitrogens with one attached hydrogen (secondary N) is 1. The van der Waals surface area contributed by atoms with Gasteiger partial charge in [0, 0.05) is 13.0 Å². The van der Waals surface area contributed by atoms with Gasteiger partial charge in [-0.3, -0.25) is 9.69 Å². The number of rotatable bonds is 10. The van der Waals surface area contributed by atoms with Crippen molar-refractivity contribution < 1.29 is 13.2 Å². The highest BCUT2D eigenvalue weighted by atomic mass is 32.2. The first kappa shape index (κ1) is 22.1. The van der Waals surface area contributed by atoms with Crippen LogP contribution in [0.25, 0.3) is 0 Å². The summed E-state index contributed by atoms with van der Waals surface area (Å²) >= 11 is 0. The van der Waals surface area contributed by atoms with Gasteiger partial charge in [-0.2, -0.15) is 0 Å². The predicted octanol–water partition coefficient (Wildman–Crippen LogP) is 2.47. The van der Waals surface area contributed by atoms with Crippen LogP contribution >= 0.6 is 0 Å². The average molecular weight is 404 g/mol. The van der Waals surface area contributed by atoms with Crippen LogP contribution in [0.1, 0.15) is 37.4 Å². The van der Waals surface area contributed by atoms with Gasteiger partial charge >= 0.3 is 0 Å². The molecule has 6 nitrogen and oxygen atoms in total. The number of nitrogens with two attached hydrogens (primary N) is 1. The van der Waals surface area contributed by atoms with Crippen LogP contribution in [0.5, 0.6) is 0 Å². The third-order valence-corrected chi connectivity index (χ3v) is 5.75. The molecule has 0 aliphatic carbocycles. The van der Waals surface area contributed by atoms with Crippen LogP contribution in [0.2, 0.25) is 0 Å². The van der Waals surface area contributed by atoms with E-state index in [0.717, 1.165) is 18.7 Å². The molecule has 0 fully saturated rings. The van der Waals surface area contributed by atoms with Crippen molar-refractivity contribution in [2.45, 2.75) is 37.6 Å². The molecule has 1 amide bonds. The molecule has 0 bridgehead atoms. The van der Waals surface area contributed by atoms with E-state index in [1.165, 1.54) is 17.7 Å². The number of hydrogen-bond acceptors (Lipinski definition) is 4. The van der Waals surface area contributed by atoms with Crippen LogP contribution in [-0.2, 0) is 21.2 Å². The Kier molecular flexibility index (Phi) is 8.17. The van der Waals surface area contributed by atoms with Gasteiger partial charge in [-0.15, -0.1) is 0 Å². The zero-order chi connectivity index (χ0) is 20.6. The molecule has 152 valence electrons. The Morgan fingerprint density at radius 1 is 1.04 bits per heavy atom. The highest BCUT2D eigenvalue weighted by Gasteiger charge is 2.18. The lowest BCUT2D eigenvalue weighted by molar-refractivity contribution is -0.121. The molecule has 0 radical (unpaired) electrons. The van der Waals surface area contributed by atoms with Gasteiger partial charge in [0.2, 0.25) is 15.9 Å². The number of carbonyl (C=O) groups excluding carboxylic acids is 1. The second-order valence-electron chi connectivity index (χ2n) is 6.64. The lowest BCUT2D eigenvalue weighted by Gasteiger charge is -2.30. The number of sulfonamides is 1. The first-order chi connectivity index (χ1) is 13.3. The van der Waals surface area contributed by atoms with Gasteiger partial charge in [0.25, 0.3) is 0 Å². The molecule has 0 saturated heterocycles. The summed E-state index contributed by atoms with van der Waals surface area (Å²) in [5, 5.41) is 8.14. The Labute approximate surface area is 167 Å². The van der Waals surface area contributed by atoms with Gasteiger partial charge in [0.15, 0.2) is 0 Å². The Morgan fingerprint density at radius 3 is 2.18 bits per heavy atom. The maximum absolute atomic E-state index is 12.3. The van der Waals surface area contributed by atoms with Gasteiger partial charge in [-0.1, -0.05) is 56.3 Å². The molecule has 7 heteroatoms. The van der Waals surface area contributed by atoms with E-state index in [9.17, 15) is 13.2 Å². The van der Waals surface area contributed by atoms with Gasteiger partial charge < -0.3 is 5.32 Å². The molecule has 0 spiro atoms. The summed E-state index contributed by atoms with van der Waals surface area (Å²) in [6.07, 6.45) is 0.881. The summed E-state index contributed by atoms with van der Waals surface area (Å²) in [6.45, 7) is 6.60. The Hall–Kier alpha value is -2.22. The molecule has 1 unspecified atom stereocenters. The maximum Gasteiger partial charge on any atom is 0.238 e. The Morgan fingerprint density at radius 2 is 1.64 bits per heavy atom. The van der Waals surface area contributed by atoms with E-state index in [1.807, 2.05) is 18.2 Å². The predicted molar refractivity (Wildman–Crippen MR) is 111 cm³/mol. The summed E-state index contributed by atoms with van der Waals surface area (Å²) in [5.41, 5.74) is 2.08. The standard InChI is InChI=1S/C21H29N3O3S/c1-3-24(4-2)20(18-8-6-5-7-9-18)16-23-21(25)15-12-17-10-13-19(14-11-17)28(22,26)27/h5-11,13-14,20H,3-4,12,15-16H2,1-2H3,(H,23,25)(H2,22,26,27). The number of carbonyl (C=O) groups is 1. The van der Waals surface area contributed by atoms with Gasteiger partial charge in [0.1, 0.15) is 0 Å². The van der Waals surface area contributed by atoms with E-state index in [1.54, 1.807) is 12.1 Å². The molecule has 0 aliphatic rings. The molecule has 28 heavy (non-hydrogen) atoms. The van der Waals surface area contributed by atoms with Crippen LogP contribution < -0.4 is 10.5 Å². The number of primary sulfonamides is 1. The Balaban J connectivity index is 1.92. The second kappa shape index (κ2) is 10.4. The normalized spacial score (nSPS) is 12.7. The molecule has 2 rings (SSSR count). The van der Waals surface area contributed by atoms with E-state index in [0.29, 0.717) is 19.4 Å². The zero-order valence-corrected chi connectivity index (χ0v) is 17.3.